The third kappa shape index (κ3) is 4.80. The lowest BCUT2D eigenvalue weighted by Crippen LogP contribution is -2.43. The Labute approximate surface area is 158 Å². The fourth-order valence-corrected chi connectivity index (χ4v) is 2.61. The molecule has 0 radical (unpaired) electrons. The maximum Gasteiger partial charge on any atom is 0.218 e. The molecule has 0 aliphatic carbocycles. The first-order chi connectivity index (χ1) is 12.3. The van der Waals surface area contributed by atoms with Crippen molar-refractivity contribution in [1.82, 2.24) is 10.6 Å². The fourth-order valence-electron chi connectivity index (χ4n) is 2.48. The van der Waals surface area contributed by atoms with Gasteiger partial charge in [0.1, 0.15) is 5.84 Å². The molecule has 0 spiro atoms. The van der Waals surface area contributed by atoms with Crippen LogP contribution in [0.3, 0.4) is 0 Å². The molecular weight excluding hydrogens is 352 g/mol. The highest BCUT2D eigenvalue weighted by Crippen LogP contribution is 2.22. The predicted molar refractivity (Wildman–Crippen MR) is 106 cm³/mol. The summed E-state index contributed by atoms with van der Waals surface area (Å²) in [7, 11) is 3.27. The summed E-state index contributed by atoms with van der Waals surface area (Å²) in [6.45, 7) is 7.47. The second kappa shape index (κ2) is 8.78. The smallest absolute Gasteiger partial charge is 0.218 e. The molecule has 0 saturated heterocycles. The fraction of sp³-hybridized carbons (Fsp3) is 0.316. The SMILES string of the molecule is C=C1NC(=NC)C(NC(C)=O)N=C(c2ccc(Cl)cc2)/C1=C/C(C)OC. The Hall–Kier alpha value is -2.44. The van der Waals surface area contributed by atoms with Crippen molar-refractivity contribution < 1.29 is 9.53 Å². The number of aliphatic imine (C=N–C) groups is 2. The summed E-state index contributed by atoms with van der Waals surface area (Å²) >= 11 is 6.02. The van der Waals surface area contributed by atoms with Crippen LogP contribution in [0.1, 0.15) is 19.4 Å². The summed E-state index contributed by atoms with van der Waals surface area (Å²) < 4.78 is 5.37. The normalized spacial score (nSPS) is 21.8. The van der Waals surface area contributed by atoms with Gasteiger partial charge in [-0.15, -0.1) is 0 Å². The van der Waals surface area contributed by atoms with E-state index >= 15 is 0 Å². The van der Waals surface area contributed by atoms with E-state index in [0.29, 0.717) is 22.3 Å². The average Bonchev–Trinajstić information content (AvgIpc) is 2.73. The van der Waals surface area contributed by atoms with E-state index < -0.39 is 6.17 Å². The molecule has 2 atom stereocenters. The second-order valence-electron chi connectivity index (χ2n) is 5.82. The zero-order valence-electron chi connectivity index (χ0n) is 15.3. The average molecular weight is 375 g/mol. The molecule has 1 aliphatic rings. The van der Waals surface area contributed by atoms with Crippen LogP contribution < -0.4 is 10.6 Å². The van der Waals surface area contributed by atoms with Crippen molar-refractivity contribution in [3.8, 4) is 0 Å². The molecule has 1 heterocycles. The molecule has 0 aromatic heterocycles. The topological polar surface area (TPSA) is 75.1 Å². The summed E-state index contributed by atoms with van der Waals surface area (Å²) in [5, 5.41) is 6.58. The number of carbonyl (C=O) groups excluding carboxylic acids is 1. The minimum atomic E-state index is -0.649. The minimum absolute atomic E-state index is 0.152. The van der Waals surface area contributed by atoms with Gasteiger partial charge in [-0.3, -0.25) is 14.8 Å². The van der Waals surface area contributed by atoms with Crippen LogP contribution >= 0.6 is 11.6 Å². The van der Waals surface area contributed by atoms with Crippen LogP contribution in [0.15, 0.2) is 58.2 Å². The number of methoxy groups -OCH3 is 1. The van der Waals surface area contributed by atoms with E-state index in [1.165, 1.54) is 6.92 Å². The molecule has 2 N–H and O–H groups in total. The molecular formula is C19H23ClN4O2. The number of carbonyl (C=O) groups is 1. The number of benzene rings is 1. The largest absolute Gasteiger partial charge is 0.378 e. The minimum Gasteiger partial charge on any atom is -0.378 e. The van der Waals surface area contributed by atoms with E-state index in [1.54, 1.807) is 26.3 Å². The molecule has 2 rings (SSSR count). The van der Waals surface area contributed by atoms with Crippen molar-refractivity contribution in [2.75, 3.05) is 14.2 Å². The van der Waals surface area contributed by atoms with Gasteiger partial charge in [-0.1, -0.05) is 30.3 Å². The molecule has 2 unspecified atom stereocenters. The van der Waals surface area contributed by atoms with Gasteiger partial charge in [0, 0.05) is 42.9 Å². The quantitative estimate of drug-likeness (QED) is 0.850. The van der Waals surface area contributed by atoms with E-state index in [0.717, 1.165) is 11.1 Å². The molecule has 0 fully saturated rings. The summed E-state index contributed by atoms with van der Waals surface area (Å²) in [5.74, 6) is 0.297. The number of amidine groups is 1. The highest BCUT2D eigenvalue weighted by Gasteiger charge is 2.26. The number of nitrogens with one attached hydrogen (secondary N) is 2. The van der Waals surface area contributed by atoms with Crippen molar-refractivity contribution >= 4 is 29.1 Å². The number of allylic oxidation sites excluding steroid dienone is 1. The first-order valence-electron chi connectivity index (χ1n) is 8.14. The standard InChI is InChI=1S/C19H23ClN4O2/c1-11(26-5)10-16-12(2)22-18(21-4)19(23-13(3)25)24-17(16)14-6-8-15(20)9-7-14/h6-11,19H,2H2,1,3-5H3,(H,21,22)(H,23,25)/b16-10+. The molecule has 0 bridgehead atoms. The van der Waals surface area contributed by atoms with Gasteiger partial charge >= 0.3 is 0 Å². The molecule has 1 aromatic carbocycles. The number of amides is 1. The third-order valence-electron chi connectivity index (χ3n) is 3.85. The van der Waals surface area contributed by atoms with Crippen LogP contribution in [-0.2, 0) is 9.53 Å². The van der Waals surface area contributed by atoms with Crippen molar-refractivity contribution in [2.24, 2.45) is 9.98 Å². The molecule has 1 aliphatic heterocycles. The van der Waals surface area contributed by atoms with Crippen LogP contribution in [0.25, 0.3) is 0 Å². The van der Waals surface area contributed by atoms with Gasteiger partial charge in [0.05, 0.1) is 11.8 Å². The van der Waals surface area contributed by atoms with Crippen molar-refractivity contribution in [1.29, 1.82) is 0 Å². The van der Waals surface area contributed by atoms with Crippen LogP contribution in [0.2, 0.25) is 5.02 Å². The Balaban J connectivity index is 2.65. The summed E-state index contributed by atoms with van der Waals surface area (Å²) in [4.78, 5) is 20.6. The van der Waals surface area contributed by atoms with Gasteiger partial charge in [-0.05, 0) is 25.1 Å². The van der Waals surface area contributed by atoms with E-state index in [-0.39, 0.29) is 12.0 Å². The van der Waals surface area contributed by atoms with Gasteiger partial charge in [-0.25, -0.2) is 0 Å². The van der Waals surface area contributed by atoms with E-state index in [1.807, 2.05) is 25.1 Å². The molecule has 138 valence electrons. The Bertz CT molecular complexity index is 781. The van der Waals surface area contributed by atoms with Crippen LogP contribution in [0.4, 0.5) is 0 Å². The van der Waals surface area contributed by atoms with Gasteiger partial charge in [0.25, 0.3) is 0 Å². The Kier molecular flexibility index (Phi) is 6.71. The summed E-state index contributed by atoms with van der Waals surface area (Å²) in [6, 6.07) is 7.33. The van der Waals surface area contributed by atoms with Crippen molar-refractivity contribution in [3.63, 3.8) is 0 Å². The number of hydrogen-bond acceptors (Lipinski definition) is 4. The lowest BCUT2D eigenvalue weighted by molar-refractivity contribution is -0.119. The highest BCUT2D eigenvalue weighted by atomic mass is 35.5. The van der Waals surface area contributed by atoms with Gasteiger partial charge in [0.15, 0.2) is 6.17 Å². The molecule has 7 heteroatoms. The highest BCUT2D eigenvalue weighted by molar-refractivity contribution is 6.30. The molecule has 6 nitrogen and oxygen atoms in total. The van der Waals surface area contributed by atoms with Crippen molar-refractivity contribution in [2.45, 2.75) is 26.1 Å². The number of rotatable bonds is 4. The molecule has 1 aromatic rings. The first kappa shape index (κ1) is 19.9. The zero-order chi connectivity index (χ0) is 19.3. The number of halogens is 1. The Morgan fingerprint density at radius 2 is 2.12 bits per heavy atom. The van der Waals surface area contributed by atoms with Crippen LogP contribution in [0.5, 0.6) is 0 Å². The third-order valence-corrected chi connectivity index (χ3v) is 4.10. The van der Waals surface area contributed by atoms with Gasteiger partial charge in [-0.2, -0.15) is 0 Å². The zero-order valence-corrected chi connectivity index (χ0v) is 16.1. The maximum absolute atomic E-state index is 11.6. The summed E-state index contributed by atoms with van der Waals surface area (Å²) in [5.41, 5.74) is 2.91. The monoisotopic (exact) mass is 374 g/mol. The maximum atomic E-state index is 11.6. The first-order valence-corrected chi connectivity index (χ1v) is 8.52. The van der Waals surface area contributed by atoms with Gasteiger partial charge in [0.2, 0.25) is 5.91 Å². The molecule has 0 saturated carbocycles. The number of hydrogen-bond donors (Lipinski definition) is 2. The second-order valence-corrected chi connectivity index (χ2v) is 6.26. The molecule has 26 heavy (non-hydrogen) atoms. The lowest BCUT2D eigenvalue weighted by atomic mass is 9.99. The van der Waals surface area contributed by atoms with Crippen molar-refractivity contribution in [3.05, 3.63) is 58.8 Å². The summed E-state index contributed by atoms with van der Waals surface area (Å²) in [6.07, 6.45) is 1.12. The van der Waals surface area contributed by atoms with Crippen LogP contribution in [-0.4, -0.2) is 43.9 Å². The van der Waals surface area contributed by atoms with E-state index in [9.17, 15) is 4.79 Å². The van der Waals surface area contributed by atoms with E-state index in [2.05, 4.69) is 22.2 Å². The van der Waals surface area contributed by atoms with Crippen LogP contribution in [0, 0.1) is 0 Å². The Morgan fingerprint density at radius 3 is 2.65 bits per heavy atom. The lowest BCUT2D eigenvalue weighted by Gasteiger charge is -2.15. The van der Waals surface area contributed by atoms with E-state index in [4.69, 9.17) is 21.3 Å². The number of nitrogens with zero attached hydrogens (tertiary/aromatic N) is 2. The Morgan fingerprint density at radius 1 is 1.46 bits per heavy atom. The number of ether oxygens (including phenoxy) is 1. The predicted octanol–water partition coefficient (Wildman–Crippen LogP) is 2.70. The van der Waals surface area contributed by atoms with Gasteiger partial charge < -0.3 is 15.4 Å². The molecule has 1 amide bonds.